The Morgan fingerprint density at radius 3 is 2.48 bits per heavy atom. The summed E-state index contributed by atoms with van der Waals surface area (Å²) in [7, 11) is 1.78. The predicted molar refractivity (Wildman–Crippen MR) is 78.7 cm³/mol. The maximum atomic E-state index is 13.1. The lowest BCUT2D eigenvalue weighted by molar-refractivity contribution is 0.0722. The number of aliphatic hydroxyl groups is 1. The zero-order valence-corrected chi connectivity index (χ0v) is 12.7. The van der Waals surface area contributed by atoms with E-state index in [1.54, 1.807) is 11.9 Å². The SMILES string of the molecule is CN(C(=O)c1ccc(F)cc1Cl)C1C[C@H]2CC(O)C[C@H]2C1. The molecule has 2 saturated carbocycles. The minimum absolute atomic E-state index is 0.153. The summed E-state index contributed by atoms with van der Waals surface area (Å²) in [4.78, 5) is 14.2. The summed E-state index contributed by atoms with van der Waals surface area (Å²) in [5.74, 6) is 0.432. The van der Waals surface area contributed by atoms with E-state index >= 15 is 0 Å². The molecule has 2 aliphatic carbocycles. The summed E-state index contributed by atoms with van der Waals surface area (Å²) >= 11 is 5.97. The van der Waals surface area contributed by atoms with Crippen molar-refractivity contribution in [1.29, 1.82) is 0 Å². The molecule has 5 heteroatoms. The van der Waals surface area contributed by atoms with E-state index in [4.69, 9.17) is 11.6 Å². The van der Waals surface area contributed by atoms with Crippen LogP contribution >= 0.6 is 11.6 Å². The van der Waals surface area contributed by atoms with Crippen LogP contribution in [0.3, 0.4) is 0 Å². The van der Waals surface area contributed by atoms with Crippen molar-refractivity contribution < 1.29 is 14.3 Å². The Bertz CT molecular complexity index is 551. The van der Waals surface area contributed by atoms with Gasteiger partial charge in [-0.2, -0.15) is 0 Å². The average molecular weight is 312 g/mol. The van der Waals surface area contributed by atoms with Gasteiger partial charge in [0.25, 0.3) is 5.91 Å². The zero-order valence-electron chi connectivity index (χ0n) is 11.9. The molecule has 2 fully saturated rings. The Labute approximate surface area is 128 Å². The van der Waals surface area contributed by atoms with Gasteiger partial charge in [-0.05, 0) is 55.7 Å². The highest BCUT2D eigenvalue weighted by Gasteiger charge is 2.43. The van der Waals surface area contributed by atoms with E-state index in [1.807, 2.05) is 0 Å². The van der Waals surface area contributed by atoms with E-state index in [1.165, 1.54) is 18.2 Å². The second-order valence-electron chi connectivity index (χ2n) is 6.31. The molecule has 0 saturated heterocycles. The Morgan fingerprint density at radius 1 is 1.29 bits per heavy atom. The molecule has 0 aromatic heterocycles. The van der Waals surface area contributed by atoms with Crippen molar-refractivity contribution >= 4 is 17.5 Å². The van der Waals surface area contributed by atoms with Gasteiger partial charge >= 0.3 is 0 Å². The first-order valence-electron chi connectivity index (χ1n) is 7.36. The maximum absolute atomic E-state index is 13.1. The third-order valence-corrected chi connectivity index (χ3v) is 5.31. The van der Waals surface area contributed by atoms with Gasteiger partial charge in [0.05, 0.1) is 16.7 Å². The number of carbonyl (C=O) groups excluding carboxylic acids is 1. The molecule has 0 spiro atoms. The van der Waals surface area contributed by atoms with Crippen molar-refractivity contribution in [2.45, 2.75) is 37.8 Å². The molecule has 0 heterocycles. The van der Waals surface area contributed by atoms with Gasteiger partial charge in [0.2, 0.25) is 0 Å². The van der Waals surface area contributed by atoms with Crippen LogP contribution in [-0.2, 0) is 0 Å². The molecule has 1 amide bonds. The number of hydrogen-bond donors (Lipinski definition) is 1. The van der Waals surface area contributed by atoms with Crippen LogP contribution in [0.4, 0.5) is 4.39 Å². The van der Waals surface area contributed by atoms with Crippen molar-refractivity contribution in [2.24, 2.45) is 11.8 Å². The first-order valence-corrected chi connectivity index (χ1v) is 7.73. The molecule has 0 bridgehead atoms. The van der Waals surface area contributed by atoms with Crippen LogP contribution < -0.4 is 0 Å². The molecule has 1 aromatic rings. The van der Waals surface area contributed by atoms with Crippen LogP contribution in [-0.4, -0.2) is 35.1 Å². The number of amides is 1. The predicted octanol–water partition coefficient (Wildman–Crippen LogP) is 3.10. The van der Waals surface area contributed by atoms with Crippen molar-refractivity contribution in [3.8, 4) is 0 Å². The Balaban J connectivity index is 1.71. The first kappa shape index (κ1) is 14.8. The van der Waals surface area contributed by atoms with Crippen LogP contribution in [0, 0.1) is 17.7 Å². The summed E-state index contributed by atoms with van der Waals surface area (Å²) in [5, 5.41) is 9.83. The van der Waals surface area contributed by atoms with Gasteiger partial charge in [-0.15, -0.1) is 0 Å². The quantitative estimate of drug-likeness (QED) is 0.911. The topological polar surface area (TPSA) is 40.5 Å². The van der Waals surface area contributed by atoms with Crippen molar-refractivity contribution in [3.05, 3.63) is 34.6 Å². The molecule has 3 nitrogen and oxygen atoms in total. The molecule has 1 aromatic carbocycles. The number of aliphatic hydroxyl groups excluding tert-OH is 1. The van der Waals surface area contributed by atoms with Crippen LogP contribution in [0.5, 0.6) is 0 Å². The zero-order chi connectivity index (χ0) is 15.1. The van der Waals surface area contributed by atoms with Crippen LogP contribution in [0.15, 0.2) is 18.2 Å². The Kier molecular flexibility index (Phi) is 3.93. The summed E-state index contributed by atoms with van der Waals surface area (Å²) in [6.07, 6.45) is 3.39. The fourth-order valence-electron chi connectivity index (χ4n) is 3.89. The molecule has 0 radical (unpaired) electrons. The molecule has 4 atom stereocenters. The number of halogens is 2. The molecule has 2 unspecified atom stereocenters. The van der Waals surface area contributed by atoms with Crippen molar-refractivity contribution in [2.75, 3.05) is 7.05 Å². The largest absolute Gasteiger partial charge is 0.393 e. The van der Waals surface area contributed by atoms with Gasteiger partial charge in [-0.3, -0.25) is 4.79 Å². The summed E-state index contributed by atoms with van der Waals surface area (Å²) in [5.41, 5.74) is 0.345. The van der Waals surface area contributed by atoms with E-state index in [0.29, 0.717) is 17.4 Å². The number of benzene rings is 1. The van der Waals surface area contributed by atoms with E-state index in [-0.39, 0.29) is 23.1 Å². The lowest BCUT2D eigenvalue weighted by Gasteiger charge is -2.26. The lowest BCUT2D eigenvalue weighted by Crippen LogP contribution is -2.36. The third kappa shape index (κ3) is 2.79. The minimum Gasteiger partial charge on any atom is -0.393 e. The molecular weight excluding hydrogens is 293 g/mol. The normalized spacial score (nSPS) is 31.2. The van der Waals surface area contributed by atoms with Crippen LogP contribution in [0.1, 0.15) is 36.0 Å². The highest BCUT2D eigenvalue weighted by atomic mass is 35.5. The van der Waals surface area contributed by atoms with E-state index in [0.717, 1.165) is 25.7 Å². The Morgan fingerprint density at radius 2 is 1.90 bits per heavy atom. The van der Waals surface area contributed by atoms with Gasteiger partial charge in [-0.1, -0.05) is 11.6 Å². The third-order valence-electron chi connectivity index (χ3n) is 5.00. The van der Waals surface area contributed by atoms with Gasteiger partial charge < -0.3 is 10.0 Å². The van der Waals surface area contributed by atoms with Crippen molar-refractivity contribution in [3.63, 3.8) is 0 Å². The monoisotopic (exact) mass is 311 g/mol. The number of nitrogens with zero attached hydrogens (tertiary/aromatic N) is 1. The minimum atomic E-state index is -0.441. The summed E-state index contributed by atoms with van der Waals surface area (Å²) < 4.78 is 13.1. The molecule has 21 heavy (non-hydrogen) atoms. The molecule has 114 valence electrons. The standard InChI is InChI=1S/C16H19ClFNO2/c1-19(12-4-9-6-13(20)7-10(9)5-12)16(21)14-3-2-11(18)8-15(14)17/h2-3,8-10,12-13,20H,4-7H2,1H3/t9-,10+,12?,13?. The molecule has 3 rings (SSSR count). The number of rotatable bonds is 2. The van der Waals surface area contributed by atoms with E-state index in [9.17, 15) is 14.3 Å². The van der Waals surface area contributed by atoms with Gasteiger partial charge in [0.1, 0.15) is 5.82 Å². The van der Waals surface area contributed by atoms with Gasteiger partial charge in [0.15, 0.2) is 0 Å². The molecule has 2 aliphatic rings. The highest BCUT2D eigenvalue weighted by molar-refractivity contribution is 6.33. The van der Waals surface area contributed by atoms with Gasteiger partial charge in [-0.25, -0.2) is 4.39 Å². The second kappa shape index (κ2) is 5.58. The van der Waals surface area contributed by atoms with Gasteiger partial charge in [0, 0.05) is 13.1 Å². The highest BCUT2D eigenvalue weighted by Crippen LogP contribution is 2.45. The summed E-state index contributed by atoms with van der Waals surface area (Å²) in [6.45, 7) is 0. The first-order chi connectivity index (χ1) is 9.95. The molecule has 1 N–H and O–H groups in total. The Hall–Kier alpha value is -1.13. The lowest BCUT2D eigenvalue weighted by atomic mass is 10.0. The number of carbonyl (C=O) groups is 1. The van der Waals surface area contributed by atoms with E-state index < -0.39 is 5.82 Å². The van der Waals surface area contributed by atoms with Crippen molar-refractivity contribution in [1.82, 2.24) is 4.90 Å². The summed E-state index contributed by atoms with van der Waals surface area (Å²) in [6, 6.07) is 4.05. The fraction of sp³-hybridized carbons (Fsp3) is 0.562. The van der Waals surface area contributed by atoms with E-state index in [2.05, 4.69) is 0 Å². The molecular formula is C16H19ClFNO2. The molecule has 0 aliphatic heterocycles. The smallest absolute Gasteiger partial charge is 0.255 e. The fourth-order valence-corrected chi connectivity index (χ4v) is 4.14. The second-order valence-corrected chi connectivity index (χ2v) is 6.72. The van der Waals surface area contributed by atoms with Crippen LogP contribution in [0.2, 0.25) is 5.02 Å². The maximum Gasteiger partial charge on any atom is 0.255 e. The number of fused-ring (bicyclic) bond motifs is 1. The number of hydrogen-bond acceptors (Lipinski definition) is 2. The van der Waals surface area contributed by atoms with Crippen LogP contribution in [0.25, 0.3) is 0 Å². The average Bonchev–Trinajstić information content (AvgIpc) is 2.94.